The fourth-order valence-corrected chi connectivity index (χ4v) is 7.51. The zero-order valence-electron chi connectivity index (χ0n) is 27.6. The van der Waals surface area contributed by atoms with Crippen molar-refractivity contribution in [2.75, 3.05) is 27.2 Å². The summed E-state index contributed by atoms with van der Waals surface area (Å²) < 4.78 is 12.1. The third-order valence-electron chi connectivity index (χ3n) is 10.5. The van der Waals surface area contributed by atoms with Crippen LogP contribution in [0.15, 0.2) is 42.5 Å². The smallest absolute Gasteiger partial charge is 0.243 e. The van der Waals surface area contributed by atoms with Gasteiger partial charge in [-0.1, -0.05) is 49.2 Å². The first-order chi connectivity index (χ1) is 21.8. The average molecular weight is 638 g/mol. The molecule has 10 nitrogen and oxygen atoms in total. The molecule has 3 fully saturated rings. The Morgan fingerprint density at radius 2 is 1.76 bits per heavy atom. The normalized spacial score (nSPS) is 32.4. The van der Waals surface area contributed by atoms with E-state index >= 15 is 0 Å². The van der Waals surface area contributed by atoms with Crippen molar-refractivity contribution < 1.29 is 34.4 Å². The minimum atomic E-state index is -1.55. The number of nitrogens with one attached hydrogen (secondary N) is 1. The molecule has 7 atom stereocenters. The van der Waals surface area contributed by atoms with Gasteiger partial charge in [0.05, 0.1) is 6.61 Å². The van der Waals surface area contributed by atoms with Gasteiger partial charge in [0.15, 0.2) is 0 Å². The van der Waals surface area contributed by atoms with Crippen molar-refractivity contribution >= 4 is 11.8 Å². The van der Waals surface area contributed by atoms with Crippen molar-refractivity contribution in [3.05, 3.63) is 70.3 Å². The fraction of sp³-hybridized carbons (Fsp3) is 0.611. The van der Waals surface area contributed by atoms with Crippen LogP contribution >= 0.6 is 0 Å². The number of primary amides is 1. The second-order valence-corrected chi connectivity index (χ2v) is 14.2. The van der Waals surface area contributed by atoms with E-state index in [4.69, 9.17) is 15.2 Å². The van der Waals surface area contributed by atoms with Gasteiger partial charge in [-0.2, -0.15) is 0 Å². The molecule has 2 amide bonds. The van der Waals surface area contributed by atoms with E-state index in [-0.39, 0.29) is 18.4 Å². The van der Waals surface area contributed by atoms with E-state index in [1.54, 1.807) is 6.92 Å². The first-order valence-corrected chi connectivity index (χ1v) is 16.6. The Hall–Kier alpha value is -2.86. The van der Waals surface area contributed by atoms with Crippen molar-refractivity contribution in [3.8, 4) is 0 Å². The van der Waals surface area contributed by atoms with Gasteiger partial charge in [0.2, 0.25) is 17.6 Å². The van der Waals surface area contributed by atoms with Crippen LogP contribution in [0.2, 0.25) is 0 Å². The molecule has 1 aliphatic carbocycles. The summed E-state index contributed by atoms with van der Waals surface area (Å²) in [7, 11) is 4.02. The van der Waals surface area contributed by atoms with Crippen molar-refractivity contribution in [3.63, 3.8) is 0 Å². The Balaban J connectivity index is 1.18. The number of nitrogens with two attached hydrogens (primary N) is 1. The van der Waals surface area contributed by atoms with Gasteiger partial charge in [0.1, 0.15) is 29.5 Å². The Bertz CT molecular complexity index is 1400. The molecule has 10 heteroatoms. The summed E-state index contributed by atoms with van der Waals surface area (Å²) in [5.41, 5.74) is 8.75. The molecule has 2 saturated heterocycles. The Kier molecular flexibility index (Phi) is 10.3. The number of aliphatic hydroxyl groups excluding tert-OH is 3. The number of rotatable bonds is 12. The first-order valence-electron chi connectivity index (χ1n) is 16.6. The monoisotopic (exact) mass is 637 g/mol. The van der Waals surface area contributed by atoms with Crippen LogP contribution in [0.1, 0.15) is 79.7 Å². The number of hydrogen-bond acceptors (Lipinski definition) is 8. The van der Waals surface area contributed by atoms with Gasteiger partial charge in [-0.05, 0) is 107 Å². The summed E-state index contributed by atoms with van der Waals surface area (Å²) in [5, 5.41) is 35.0. The fourth-order valence-electron chi connectivity index (χ4n) is 7.51. The van der Waals surface area contributed by atoms with Gasteiger partial charge in [-0.3, -0.25) is 9.59 Å². The van der Waals surface area contributed by atoms with E-state index in [9.17, 15) is 24.9 Å². The molecule has 2 bridgehead atoms. The summed E-state index contributed by atoms with van der Waals surface area (Å²) >= 11 is 0. The lowest BCUT2D eigenvalue weighted by molar-refractivity contribution is -0.322. The van der Waals surface area contributed by atoms with Crippen LogP contribution in [0.5, 0.6) is 0 Å². The van der Waals surface area contributed by atoms with Crippen LogP contribution in [0.25, 0.3) is 0 Å². The molecule has 2 heterocycles. The molecule has 3 aliphatic rings. The van der Waals surface area contributed by atoms with Gasteiger partial charge in [-0.25, -0.2) is 0 Å². The van der Waals surface area contributed by atoms with E-state index in [0.717, 1.165) is 60.9 Å². The van der Waals surface area contributed by atoms with Crippen molar-refractivity contribution in [2.45, 2.75) is 107 Å². The number of nitrogens with zero attached hydrogens (tertiary/aromatic N) is 1. The first kappa shape index (κ1) is 34.5. The van der Waals surface area contributed by atoms with Crippen LogP contribution < -0.4 is 11.1 Å². The van der Waals surface area contributed by atoms with Gasteiger partial charge < -0.3 is 40.7 Å². The molecular weight excluding hydrogens is 586 g/mol. The Morgan fingerprint density at radius 3 is 2.46 bits per heavy atom. The highest BCUT2D eigenvalue weighted by Gasteiger charge is 2.65. The highest BCUT2D eigenvalue weighted by molar-refractivity contribution is 5.91. The minimum Gasteiger partial charge on any atom is -0.387 e. The van der Waals surface area contributed by atoms with Gasteiger partial charge in [0.25, 0.3) is 0 Å². The maximum absolute atomic E-state index is 13.1. The minimum absolute atomic E-state index is 0.0484. The molecule has 0 spiro atoms. The number of fused-ring (bicyclic) bond motifs is 2. The number of amides is 2. The molecule has 1 saturated carbocycles. The Morgan fingerprint density at radius 1 is 1.04 bits per heavy atom. The molecule has 2 aliphatic heterocycles. The summed E-state index contributed by atoms with van der Waals surface area (Å²) in [6, 6.07) is 14.0. The highest BCUT2D eigenvalue weighted by Crippen LogP contribution is 2.49. The molecule has 2 aromatic rings. The lowest BCUT2D eigenvalue weighted by Gasteiger charge is -2.45. The van der Waals surface area contributed by atoms with Crippen LogP contribution in [0, 0.1) is 12.8 Å². The number of aryl methyl sites for hydroxylation is 2. The lowest BCUT2D eigenvalue weighted by Crippen LogP contribution is -2.63. The molecule has 2 unspecified atom stereocenters. The number of ether oxygens (including phenoxy) is 2. The predicted molar refractivity (Wildman–Crippen MR) is 174 cm³/mol. The molecule has 252 valence electrons. The van der Waals surface area contributed by atoms with E-state index in [2.05, 4.69) is 34.5 Å². The van der Waals surface area contributed by atoms with E-state index in [1.807, 2.05) is 39.2 Å². The molecule has 0 aromatic heterocycles. The third-order valence-corrected chi connectivity index (χ3v) is 10.5. The number of hydrogen-bond donors (Lipinski definition) is 5. The summed E-state index contributed by atoms with van der Waals surface area (Å²) in [6.45, 7) is 4.59. The number of aliphatic hydroxyl groups is 3. The second-order valence-electron chi connectivity index (χ2n) is 14.2. The number of benzene rings is 2. The zero-order valence-corrected chi connectivity index (χ0v) is 27.6. The van der Waals surface area contributed by atoms with E-state index in [1.165, 1.54) is 0 Å². The van der Waals surface area contributed by atoms with Crippen LogP contribution in [0.3, 0.4) is 0 Å². The predicted octanol–water partition coefficient (Wildman–Crippen LogP) is 2.45. The van der Waals surface area contributed by atoms with Crippen LogP contribution in [-0.4, -0.2) is 88.7 Å². The SMILES string of the molecule is Cc1ccc([C@]23OC[C@](C)(O2)[C@@H](O)[C@H](O)[C@H]3O)cc1Cc1ccc(CCCC(=O)NC2(C(N)=O)CCCCC2CCN(C)C)cc1. The van der Waals surface area contributed by atoms with E-state index in [0.29, 0.717) is 31.2 Å². The maximum Gasteiger partial charge on any atom is 0.243 e. The molecular formula is C36H51N3O7. The maximum atomic E-state index is 13.1. The molecule has 0 radical (unpaired) electrons. The van der Waals surface area contributed by atoms with Gasteiger partial charge >= 0.3 is 0 Å². The number of carbonyl (C=O) groups excluding carboxylic acids is 2. The zero-order chi connectivity index (χ0) is 33.3. The third kappa shape index (κ3) is 6.74. The highest BCUT2D eigenvalue weighted by atomic mass is 16.8. The second kappa shape index (κ2) is 13.7. The topological polar surface area (TPSA) is 155 Å². The lowest BCUT2D eigenvalue weighted by atomic mass is 9.70. The average Bonchev–Trinajstić information content (AvgIpc) is 3.37. The van der Waals surface area contributed by atoms with Crippen LogP contribution in [-0.2, 0) is 37.7 Å². The molecule has 2 aromatic carbocycles. The standard InChI is InChI=1S/C36H51N3O7/c1-23-11-16-28(36-32(43)30(41)31(42)34(2,46-36)22-45-36)21-26(23)20-25-14-12-24(13-15-25)8-7-10-29(40)38-35(33(37)44)18-6-5-9-27(35)17-19-39(3)4/h11-16,21,27,30-32,41-43H,5-10,17-20,22H2,1-4H3,(H2,37,44)(H,38,40)/t27?,30-,31-,32+,34-,35?,36-/m0/s1. The van der Waals surface area contributed by atoms with Crippen molar-refractivity contribution in [1.82, 2.24) is 10.2 Å². The summed E-state index contributed by atoms with van der Waals surface area (Å²) in [4.78, 5) is 27.8. The Labute approximate surface area is 272 Å². The largest absolute Gasteiger partial charge is 0.387 e. The molecule has 5 rings (SSSR count). The molecule has 46 heavy (non-hydrogen) atoms. The summed E-state index contributed by atoms with van der Waals surface area (Å²) in [6.07, 6.45) is 2.51. The van der Waals surface area contributed by atoms with Crippen molar-refractivity contribution in [2.24, 2.45) is 11.7 Å². The summed E-state index contributed by atoms with van der Waals surface area (Å²) in [5.74, 6) is -2.05. The quantitative estimate of drug-likeness (QED) is 0.238. The van der Waals surface area contributed by atoms with Crippen LogP contribution in [0.4, 0.5) is 0 Å². The van der Waals surface area contributed by atoms with Crippen molar-refractivity contribution in [1.29, 1.82) is 0 Å². The van der Waals surface area contributed by atoms with E-state index < -0.39 is 41.1 Å². The molecule has 6 N–H and O–H groups in total. The van der Waals surface area contributed by atoms with Gasteiger partial charge in [0, 0.05) is 12.0 Å². The number of carbonyl (C=O) groups is 2. The van der Waals surface area contributed by atoms with Gasteiger partial charge in [-0.15, -0.1) is 0 Å².